The molecule has 1 atom stereocenters. The molecule has 0 aliphatic carbocycles. The fraction of sp³-hybridized carbons (Fsp3) is 0.538. The molecule has 0 aromatic heterocycles. The topological polar surface area (TPSA) is 9.23 Å². The Morgan fingerprint density at radius 2 is 1.17 bits per heavy atom. The molecule has 0 bridgehead atoms. The van der Waals surface area contributed by atoms with Gasteiger partial charge in [-0.3, -0.25) is 0 Å². The van der Waals surface area contributed by atoms with Crippen molar-refractivity contribution in [3.05, 3.63) is 60.7 Å². The van der Waals surface area contributed by atoms with E-state index < -0.39 is 0 Å². The molecule has 2 rings (SSSR count). The van der Waals surface area contributed by atoms with Crippen molar-refractivity contribution in [2.75, 3.05) is 12.4 Å². The molecule has 0 fully saturated rings. The zero-order valence-electron chi connectivity index (χ0n) is 18.1. The fourth-order valence-corrected chi connectivity index (χ4v) is 5.28. The van der Waals surface area contributed by atoms with Crippen molar-refractivity contribution >= 4 is 23.5 Å². The molecule has 160 valence electrons. The van der Waals surface area contributed by atoms with E-state index >= 15 is 0 Å². The van der Waals surface area contributed by atoms with E-state index in [0.717, 1.165) is 12.4 Å². The summed E-state index contributed by atoms with van der Waals surface area (Å²) in [6.07, 6.45) is 13.6. The molecule has 3 heteroatoms. The van der Waals surface area contributed by atoms with Gasteiger partial charge in [0.05, 0.1) is 0 Å². The minimum Gasteiger partial charge on any atom is -0.366 e. The van der Waals surface area contributed by atoms with Crippen molar-refractivity contribution < 1.29 is 4.74 Å². The van der Waals surface area contributed by atoms with Crippen LogP contribution in [0.3, 0.4) is 0 Å². The highest BCUT2D eigenvalue weighted by atomic mass is 32.2. The quantitative estimate of drug-likeness (QED) is 0.141. The van der Waals surface area contributed by atoms with Crippen molar-refractivity contribution in [2.45, 2.75) is 86.4 Å². The van der Waals surface area contributed by atoms with Crippen LogP contribution in [0, 0.1) is 0 Å². The number of ether oxygens (including phenoxy) is 1. The Labute approximate surface area is 187 Å². The summed E-state index contributed by atoms with van der Waals surface area (Å²) in [5.74, 6) is 0.974. The van der Waals surface area contributed by atoms with Gasteiger partial charge in [0, 0.05) is 22.2 Å². The molecule has 2 aromatic carbocycles. The number of thioether (sulfide) groups is 2. The Morgan fingerprint density at radius 3 is 1.76 bits per heavy atom. The minimum atomic E-state index is 0.196. The number of hydrogen-bond acceptors (Lipinski definition) is 3. The van der Waals surface area contributed by atoms with Crippen molar-refractivity contribution in [3.63, 3.8) is 0 Å². The van der Waals surface area contributed by atoms with Crippen LogP contribution in [0.2, 0.25) is 0 Å². The number of unbranched alkanes of at least 4 members (excludes halogenated alkanes) is 9. The van der Waals surface area contributed by atoms with Crippen LogP contribution in [0.15, 0.2) is 70.5 Å². The van der Waals surface area contributed by atoms with Crippen LogP contribution in [0.4, 0.5) is 0 Å². The third kappa shape index (κ3) is 12.4. The van der Waals surface area contributed by atoms with E-state index in [1.54, 1.807) is 0 Å². The summed E-state index contributed by atoms with van der Waals surface area (Å²) in [5.41, 5.74) is 0.196. The molecule has 1 unspecified atom stereocenters. The zero-order chi connectivity index (χ0) is 20.4. The van der Waals surface area contributed by atoms with Gasteiger partial charge in [-0.1, -0.05) is 113 Å². The molecule has 0 radical (unpaired) electrons. The zero-order valence-corrected chi connectivity index (χ0v) is 19.7. The van der Waals surface area contributed by atoms with Crippen LogP contribution < -0.4 is 0 Å². The Hall–Kier alpha value is -0.900. The molecule has 0 saturated heterocycles. The first kappa shape index (κ1) is 24.4. The van der Waals surface area contributed by atoms with Gasteiger partial charge in [0.2, 0.25) is 0 Å². The molecule has 1 nitrogen and oxygen atoms in total. The molecule has 29 heavy (non-hydrogen) atoms. The fourth-order valence-electron chi connectivity index (χ4n) is 3.25. The summed E-state index contributed by atoms with van der Waals surface area (Å²) in [4.78, 5) is 2.60. The Balaban J connectivity index is 1.61. The van der Waals surface area contributed by atoms with E-state index in [1.807, 2.05) is 23.5 Å². The average Bonchev–Trinajstić information content (AvgIpc) is 2.77. The minimum absolute atomic E-state index is 0.196. The van der Waals surface area contributed by atoms with E-state index in [-0.39, 0.29) is 5.44 Å². The van der Waals surface area contributed by atoms with Gasteiger partial charge >= 0.3 is 0 Å². The second-order valence-electron chi connectivity index (χ2n) is 7.54. The molecule has 0 aliphatic heterocycles. The maximum atomic E-state index is 6.28. The molecule has 0 N–H and O–H groups in total. The van der Waals surface area contributed by atoms with Gasteiger partial charge in [0.1, 0.15) is 5.44 Å². The Bertz CT molecular complexity index is 603. The van der Waals surface area contributed by atoms with Crippen LogP contribution in [0.25, 0.3) is 0 Å². The lowest BCUT2D eigenvalue weighted by Crippen LogP contribution is -2.12. The van der Waals surface area contributed by atoms with Gasteiger partial charge in [-0.05, 0) is 30.7 Å². The van der Waals surface area contributed by atoms with E-state index in [4.69, 9.17) is 4.74 Å². The van der Waals surface area contributed by atoms with Crippen molar-refractivity contribution in [3.8, 4) is 0 Å². The highest BCUT2D eigenvalue weighted by Gasteiger charge is 2.12. The van der Waals surface area contributed by atoms with Gasteiger partial charge in [-0.15, -0.1) is 11.8 Å². The normalized spacial score (nSPS) is 12.2. The molecular formula is C26H38OS2. The molecule has 0 aliphatic rings. The van der Waals surface area contributed by atoms with Crippen LogP contribution in [0.1, 0.15) is 71.1 Å². The lowest BCUT2D eigenvalue weighted by Gasteiger charge is -2.17. The lowest BCUT2D eigenvalue weighted by atomic mass is 10.1. The second kappa shape index (κ2) is 16.8. The first-order chi connectivity index (χ1) is 14.4. The maximum Gasteiger partial charge on any atom is 0.117 e. The van der Waals surface area contributed by atoms with Gasteiger partial charge < -0.3 is 4.74 Å². The van der Waals surface area contributed by atoms with Crippen molar-refractivity contribution in [1.29, 1.82) is 0 Å². The Morgan fingerprint density at radius 1 is 0.655 bits per heavy atom. The Kier molecular flexibility index (Phi) is 14.2. The standard InChI is InChI=1S/C26H38OS2/c1-2-3-4-5-6-7-8-9-10-17-22-27-26(29-25-20-15-12-16-21-25)23-28-24-18-13-11-14-19-24/h11-16,18-21,26H,2-10,17,22-23H2,1H3. The van der Waals surface area contributed by atoms with E-state index in [2.05, 4.69) is 67.6 Å². The molecule has 0 spiro atoms. The molecule has 0 heterocycles. The molecule has 2 aromatic rings. The molecule has 0 amide bonds. The van der Waals surface area contributed by atoms with Crippen LogP contribution >= 0.6 is 23.5 Å². The third-order valence-electron chi connectivity index (χ3n) is 4.94. The summed E-state index contributed by atoms with van der Waals surface area (Å²) in [7, 11) is 0. The molecular weight excluding hydrogens is 392 g/mol. The summed E-state index contributed by atoms with van der Waals surface area (Å²) >= 11 is 3.73. The van der Waals surface area contributed by atoms with Crippen LogP contribution in [0.5, 0.6) is 0 Å². The largest absolute Gasteiger partial charge is 0.366 e. The first-order valence-corrected chi connectivity index (χ1v) is 13.3. The van der Waals surface area contributed by atoms with Crippen LogP contribution in [-0.4, -0.2) is 17.8 Å². The number of benzene rings is 2. The summed E-state index contributed by atoms with van der Waals surface area (Å²) < 4.78 is 6.28. The van der Waals surface area contributed by atoms with E-state index in [1.165, 1.54) is 74.0 Å². The van der Waals surface area contributed by atoms with Gasteiger partial charge in [0.15, 0.2) is 0 Å². The monoisotopic (exact) mass is 430 g/mol. The predicted molar refractivity (Wildman–Crippen MR) is 131 cm³/mol. The van der Waals surface area contributed by atoms with E-state index in [9.17, 15) is 0 Å². The SMILES string of the molecule is CCCCCCCCCCCCOC(CSc1ccccc1)Sc1ccccc1. The van der Waals surface area contributed by atoms with Crippen molar-refractivity contribution in [2.24, 2.45) is 0 Å². The smallest absolute Gasteiger partial charge is 0.117 e. The van der Waals surface area contributed by atoms with Crippen LogP contribution in [-0.2, 0) is 4.74 Å². The highest BCUT2D eigenvalue weighted by Crippen LogP contribution is 2.29. The number of hydrogen-bond donors (Lipinski definition) is 0. The van der Waals surface area contributed by atoms with Gasteiger partial charge in [-0.2, -0.15) is 0 Å². The van der Waals surface area contributed by atoms with E-state index in [0.29, 0.717) is 0 Å². The highest BCUT2D eigenvalue weighted by molar-refractivity contribution is 8.03. The lowest BCUT2D eigenvalue weighted by molar-refractivity contribution is 0.122. The van der Waals surface area contributed by atoms with Gasteiger partial charge in [0.25, 0.3) is 0 Å². The predicted octanol–water partition coefficient (Wildman–Crippen LogP) is 8.83. The summed E-state index contributed by atoms with van der Waals surface area (Å²) in [5, 5.41) is 0. The van der Waals surface area contributed by atoms with Gasteiger partial charge in [-0.25, -0.2) is 0 Å². The summed E-state index contributed by atoms with van der Waals surface area (Å²) in [6.45, 7) is 3.15. The second-order valence-corrected chi connectivity index (χ2v) is 9.86. The average molecular weight is 431 g/mol. The van der Waals surface area contributed by atoms with Crippen molar-refractivity contribution in [1.82, 2.24) is 0 Å². The maximum absolute atomic E-state index is 6.28. The molecule has 0 saturated carbocycles. The first-order valence-electron chi connectivity index (χ1n) is 11.4. The number of rotatable bonds is 17. The summed E-state index contributed by atoms with van der Waals surface area (Å²) in [6, 6.07) is 21.3. The third-order valence-corrected chi connectivity index (χ3v) is 7.34.